The molecule has 0 fully saturated rings. The van der Waals surface area contributed by atoms with Gasteiger partial charge in [-0.25, -0.2) is 0 Å². The van der Waals surface area contributed by atoms with Crippen LogP contribution in [0.15, 0.2) is 42.5 Å². The van der Waals surface area contributed by atoms with Crippen LogP contribution < -0.4 is 14.8 Å². The maximum Gasteiger partial charge on any atom is 0.269 e. The molecule has 0 saturated carbocycles. The van der Waals surface area contributed by atoms with Crippen LogP contribution in [-0.4, -0.2) is 34.7 Å². The number of hydrogen-bond donors (Lipinski definition) is 1. The Balaban J connectivity index is 1.66. The summed E-state index contributed by atoms with van der Waals surface area (Å²) < 4.78 is 11.2. The Bertz CT molecular complexity index is 811. The van der Waals surface area contributed by atoms with Gasteiger partial charge in [-0.2, -0.15) is 0 Å². The second kappa shape index (κ2) is 8.01. The highest BCUT2D eigenvalue weighted by molar-refractivity contribution is 7.80. The van der Waals surface area contributed by atoms with Crippen molar-refractivity contribution in [2.24, 2.45) is 0 Å². The van der Waals surface area contributed by atoms with Crippen molar-refractivity contribution in [3.8, 4) is 11.5 Å². The first kappa shape index (κ1) is 17.9. The number of ether oxygens (including phenoxy) is 2. The lowest BCUT2D eigenvalue weighted by molar-refractivity contribution is -0.384. The molecule has 0 aliphatic carbocycles. The number of nitrogens with zero attached hydrogens (tertiary/aromatic N) is 2. The molecule has 2 aromatic carbocycles. The fraction of sp³-hybridized carbons (Fsp3) is 0.278. The van der Waals surface area contributed by atoms with E-state index in [9.17, 15) is 10.1 Å². The van der Waals surface area contributed by atoms with Gasteiger partial charge in [0.1, 0.15) is 13.2 Å². The average molecular weight is 373 g/mol. The first-order chi connectivity index (χ1) is 12.6. The van der Waals surface area contributed by atoms with E-state index in [1.165, 1.54) is 12.1 Å². The molecular weight excluding hydrogens is 354 g/mol. The Kier molecular flexibility index (Phi) is 5.52. The second-order valence-corrected chi connectivity index (χ2v) is 6.11. The van der Waals surface area contributed by atoms with Crippen LogP contribution in [0.5, 0.6) is 11.5 Å². The number of hydrogen-bond acceptors (Lipinski definition) is 5. The molecule has 0 saturated heterocycles. The largest absolute Gasteiger partial charge is 0.486 e. The number of fused-ring (bicyclic) bond motifs is 1. The van der Waals surface area contributed by atoms with E-state index < -0.39 is 4.92 Å². The SMILES string of the molecule is CCN(Cc1ccc2c(c1)OCCO2)C(=S)Nc1ccc([N+](=O)[O-])cc1. The van der Waals surface area contributed by atoms with Crippen molar-refractivity contribution in [3.63, 3.8) is 0 Å². The summed E-state index contributed by atoms with van der Waals surface area (Å²) in [7, 11) is 0. The monoisotopic (exact) mass is 373 g/mol. The standard InChI is InChI=1S/C18H19N3O4S/c1-2-20(12-13-3-8-16-17(11-13)25-10-9-24-16)18(26)19-14-4-6-15(7-5-14)21(22)23/h3-8,11H,2,9-10,12H2,1H3,(H,19,26). The second-order valence-electron chi connectivity index (χ2n) is 5.73. The molecule has 1 aliphatic heterocycles. The van der Waals surface area contributed by atoms with E-state index in [4.69, 9.17) is 21.7 Å². The quantitative estimate of drug-likeness (QED) is 0.487. The van der Waals surface area contributed by atoms with Gasteiger partial charge in [0.25, 0.3) is 5.69 Å². The lowest BCUT2D eigenvalue weighted by Crippen LogP contribution is -2.34. The number of rotatable bonds is 5. The number of anilines is 1. The van der Waals surface area contributed by atoms with Crippen molar-refractivity contribution in [2.75, 3.05) is 25.1 Å². The first-order valence-electron chi connectivity index (χ1n) is 8.25. The molecule has 0 spiro atoms. The number of non-ortho nitro benzene ring substituents is 1. The maximum absolute atomic E-state index is 10.7. The summed E-state index contributed by atoms with van der Waals surface area (Å²) in [5, 5.41) is 14.4. The molecular formula is C18H19N3O4S. The van der Waals surface area contributed by atoms with Gasteiger partial charge in [-0.1, -0.05) is 6.07 Å². The highest BCUT2D eigenvalue weighted by atomic mass is 32.1. The number of nitro benzene ring substituents is 1. The van der Waals surface area contributed by atoms with E-state index in [2.05, 4.69) is 5.32 Å². The van der Waals surface area contributed by atoms with Crippen LogP contribution in [0.3, 0.4) is 0 Å². The molecule has 1 heterocycles. The van der Waals surface area contributed by atoms with Crippen LogP contribution >= 0.6 is 12.2 Å². The van der Waals surface area contributed by atoms with Gasteiger partial charge >= 0.3 is 0 Å². The van der Waals surface area contributed by atoms with Gasteiger partial charge in [0.2, 0.25) is 0 Å². The van der Waals surface area contributed by atoms with Gasteiger partial charge < -0.3 is 19.7 Å². The van der Waals surface area contributed by atoms with Gasteiger partial charge in [0.15, 0.2) is 16.6 Å². The third kappa shape index (κ3) is 4.20. The van der Waals surface area contributed by atoms with Crippen LogP contribution in [0.4, 0.5) is 11.4 Å². The molecule has 8 heteroatoms. The van der Waals surface area contributed by atoms with E-state index in [1.807, 2.05) is 30.0 Å². The Labute approximate surface area is 156 Å². The molecule has 0 amide bonds. The van der Waals surface area contributed by atoms with Gasteiger partial charge in [-0.15, -0.1) is 0 Å². The Morgan fingerprint density at radius 1 is 1.19 bits per heavy atom. The van der Waals surface area contributed by atoms with E-state index in [1.54, 1.807) is 12.1 Å². The van der Waals surface area contributed by atoms with E-state index in [-0.39, 0.29) is 5.69 Å². The molecule has 0 bridgehead atoms. The molecule has 1 aliphatic rings. The summed E-state index contributed by atoms with van der Waals surface area (Å²) >= 11 is 5.49. The van der Waals surface area contributed by atoms with Crippen molar-refractivity contribution in [1.29, 1.82) is 0 Å². The summed E-state index contributed by atoms with van der Waals surface area (Å²) in [5.41, 5.74) is 1.82. The molecule has 0 unspecified atom stereocenters. The molecule has 2 aromatic rings. The average Bonchev–Trinajstić information content (AvgIpc) is 2.66. The van der Waals surface area contributed by atoms with E-state index >= 15 is 0 Å². The normalized spacial score (nSPS) is 12.3. The number of thiocarbonyl (C=S) groups is 1. The van der Waals surface area contributed by atoms with E-state index in [0.29, 0.717) is 37.1 Å². The number of benzene rings is 2. The van der Waals surface area contributed by atoms with Crippen molar-refractivity contribution < 1.29 is 14.4 Å². The molecule has 7 nitrogen and oxygen atoms in total. The van der Waals surface area contributed by atoms with Gasteiger partial charge in [-0.05, 0) is 49.0 Å². The Morgan fingerprint density at radius 2 is 1.88 bits per heavy atom. The van der Waals surface area contributed by atoms with Gasteiger partial charge in [0, 0.05) is 30.9 Å². The summed E-state index contributed by atoms with van der Waals surface area (Å²) in [5.74, 6) is 1.51. The van der Waals surface area contributed by atoms with Gasteiger partial charge in [0.05, 0.1) is 4.92 Å². The Hall–Kier alpha value is -2.87. The molecule has 0 radical (unpaired) electrons. The zero-order valence-corrected chi connectivity index (χ0v) is 15.1. The third-order valence-corrected chi connectivity index (χ3v) is 4.34. The fourth-order valence-corrected chi connectivity index (χ4v) is 2.91. The molecule has 1 N–H and O–H groups in total. The molecule has 136 valence electrons. The summed E-state index contributed by atoms with van der Waals surface area (Å²) in [6.45, 7) is 4.46. The Morgan fingerprint density at radius 3 is 2.54 bits per heavy atom. The van der Waals surface area contributed by atoms with Crippen LogP contribution in [0.25, 0.3) is 0 Å². The summed E-state index contributed by atoms with van der Waals surface area (Å²) in [4.78, 5) is 12.3. The minimum Gasteiger partial charge on any atom is -0.486 e. The van der Waals surface area contributed by atoms with Crippen molar-refractivity contribution >= 4 is 28.7 Å². The predicted molar refractivity (Wildman–Crippen MR) is 103 cm³/mol. The highest BCUT2D eigenvalue weighted by Crippen LogP contribution is 2.31. The minimum absolute atomic E-state index is 0.0464. The van der Waals surface area contributed by atoms with Crippen LogP contribution in [0, 0.1) is 10.1 Å². The fourth-order valence-electron chi connectivity index (χ4n) is 2.60. The minimum atomic E-state index is -0.428. The highest BCUT2D eigenvalue weighted by Gasteiger charge is 2.14. The summed E-state index contributed by atoms with van der Waals surface area (Å²) in [6, 6.07) is 12.0. The maximum atomic E-state index is 10.7. The third-order valence-electron chi connectivity index (χ3n) is 3.98. The lowest BCUT2D eigenvalue weighted by atomic mass is 10.2. The topological polar surface area (TPSA) is 76.9 Å². The smallest absolute Gasteiger partial charge is 0.269 e. The molecule has 0 aromatic heterocycles. The van der Waals surface area contributed by atoms with Crippen molar-refractivity contribution in [3.05, 3.63) is 58.1 Å². The predicted octanol–water partition coefficient (Wildman–Crippen LogP) is 3.58. The van der Waals surface area contributed by atoms with E-state index in [0.717, 1.165) is 17.1 Å². The lowest BCUT2D eigenvalue weighted by Gasteiger charge is -2.25. The van der Waals surface area contributed by atoms with Crippen molar-refractivity contribution in [2.45, 2.75) is 13.5 Å². The van der Waals surface area contributed by atoms with Crippen LogP contribution in [-0.2, 0) is 6.54 Å². The first-order valence-corrected chi connectivity index (χ1v) is 8.66. The molecule has 26 heavy (non-hydrogen) atoms. The molecule has 3 rings (SSSR count). The van der Waals surface area contributed by atoms with Crippen LogP contribution in [0.1, 0.15) is 12.5 Å². The number of nitrogens with one attached hydrogen (secondary N) is 1. The van der Waals surface area contributed by atoms with Crippen molar-refractivity contribution in [1.82, 2.24) is 4.90 Å². The number of nitro groups is 1. The molecule has 0 atom stereocenters. The summed E-state index contributed by atoms with van der Waals surface area (Å²) in [6.07, 6.45) is 0. The van der Waals surface area contributed by atoms with Gasteiger partial charge in [-0.3, -0.25) is 10.1 Å². The van der Waals surface area contributed by atoms with Crippen LogP contribution in [0.2, 0.25) is 0 Å². The zero-order chi connectivity index (χ0) is 18.5. The zero-order valence-electron chi connectivity index (χ0n) is 14.3.